The van der Waals surface area contributed by atoms with Crippen molar-refractivity contribution in [1.82, 2.24) is 4.90 Å². The van der Waals surface area contributed by atoms with Crippen molar-refractivity contribution in [2.24, 2.45) is 0 Å². The second kappa shape index (κ2) is 7.41. The average Bonchev–Trinajstić information content (AvgIpc) is 3.38. The highest BCUT2D eigenvalue weighted by Gasteiger charge is 2.32. The van der Waals surface area contributed by atoms with Gasteiger partial charge in [0.2, 0.25) is 0 Å². The van der Waals surface area contributed by atoms with E-state index in [1.165, 1.54) is 11.0 Å². The maximum Gasteiger partial charge on any atom is 0.410 e. The van der Waals surface area contributed by atoms with Crippen molar-refractivity contribution in [2.75, 3.05) is 13.1 Å². The Hall–Kier alpha value is -2.64. The van der Waals surface area contributed by atoms with Crippen LogP contribution < -0.4 is 4.74 Å². The lowest BCUT2D eigenvalue weighted by Gasteiger charge is -2.31. The summed E-state index contributed by atoms with van der Waals surface area (Å²) in [5, 5.41) is 11.3. The number of hydrogen-bond acceptors (Lipinski definition) is 5. The zero-order valence-corrected chi connectivity index (χ0v) is 16.5. The van der Waals surface area contributed by atoms with Gasteiger partial charge in [-0.05, 0) is 63.3 Å². The van der Waals surface area contributed by atoms with Gasteiger partial charge >= 0.3 is 11.8 Å². The topological polar surface area (TPSA) is 81.9 Å². The lowest BCUT2D eigenvalue weighted by Crippen LogP contribution is -2.42. The molecule has 1 aliphatic heterocycles. The maximum absolute atomic E-state index is 14.9. The largest absolute Gasteiger partial charge is 0.483 e. The molecule has 1 amide bonds. The molecule has 1 unspecified atom stereocenters. The molecular formula is C20H25FN2O5. The van der Waals surface area contributed by atoms with Gasteiger partial charge in [0.05, 0.1) is 17.6 Å². The number of nitro benzene ring substituents is 1. The minimum atomic E-state index is -1.42. The second-order valence-electron chi connectivity index (χ2n) is 8.22. The van der Waals surface area contributed by atoms with Gasteiger partial charge in [-0.25, -0.2) is 9.18 Å². The van der Waals surface area contributed by atoms with Crippen LogP contribution in [0.4, 0.5) is 14.9 Å². The molecule has 1 saturated carbocycles. The summed E-state index contributed by atoms with van der Waals surface area (Å²) in [6, 6.07) is 2.97. The van der Waals surface area contributed by atoms with E-state index < -0.39 is 22.8 Å². The van der Waals surface area contributed by atoms with Crippen LogP contribution in [0.3, 0.4) is 0 Å². The molecule has 1 atom stereocenters. The number of carbonyl (C=O) groups excluding carboxylic acids is 1. The van der Waals surface area contributed by atoms with Gasteiger partial charge in [-0.1, -0.05) is 6.08 Å². The van der Waals surface area contributed by atoms with Crippen molar-refractivity contribution < 1.29 is 23.6 Å². The Morgan fingerprint density at radius 2 is 2.00 bits per heavy atom. The Bertz CT molecular complexity index is 827. The number of nitrogens with zero attached hydrogens (tertiary/aromatic N) is 2. The van der Waals surface area contributed by atoms with Crippen LogP contribution >= 0.6 is 0 Å². The minimum Gasteiger partial charge on any atom is -0.483 e. The SMILES string of the molecule is Cc1cc([N+](=O)[O-])c(OC2CC2)cc1C1=CCN(C(=O)OC(C)(C)C)CC1F. The fraction of sp³-hybridized carbons (Fsp3) is 0.550. The summed E-state index contributed by atoms with van der Waals surface area (Å²) >= 11 is 0. The molecule has 28 heavy (non-hydrogen) atoms. The van der Waals surface area contributed by atoms with Crippen LogP contribution in [0.5, 0.6) is 5.75 Å². The van der Waals surface area contributed by atoms with Crippen LogP contribution in [0, 0.1) is 17.0 Å². The molecule has 0 saturated heterocycles. The smallest absolute Gasteiger partial charge is 0.410 e. The van der Waals surface area contributed by atoms with Gasteiger partial charge in [0.15, 0.2) is 5.75 Å². The third kappa shape index (κ3) is 4.61. The summed E-state index contributed by atoms with van der Waals surface area (Å²) in [7, 11) is 0. The molecule has 152 valence electrons. The van der Waals surface area contributed by atoms with Gasteiger partial charge < -0.3 is 14.4 Å². The first-order chi connectivity index (χ1) is 13.0. The van der Waals surface area contributed by atoms with E-state index >= 15 is 0 Å². The van der Waals surface area contributed by atoms with Crippen molar-refractivity contribution in [3.05, 3.63) is 39.4 Å². The molecule has 3 rings (SSSR count). The number of halogens is 1. The molecule has 1 aliphatic carbocycles. The first-order valence-corrected chi connectivity index (χ1v) is 9.33. The fourth-order valence-electron chi connectivity index (χ4n) is 3.04. The summed E-state index contributed by atoms with van der Waals surface area (Å²) < 4.78 is 25.9. The van der Waals surface area contributed by atoms with Gasteiger partial charge in [0.1, 0.15) is 11.8 Å². The highest BCUT2D eigenvalue weighted by molar-refractivity contribution is 5.77. The molecule has 7 nitrogen and oxygen atoms in total. The Kier molecular flexibility index (Phi) is 5.32. The van der Waals surface area contributed by atoms with E-state index in [-0.39, 0.29) is 30.6 Å². The van der Waals surface area contributed by atoms with Crippen LogP contribution in [-0.2, 0) is 4.74 Å². The van der Waals surface area contributed by atoms with Crippen LogP contribution in [0.1, 0.15) is 44.7 Å². The minimum absolute atomic E-state index is 0.0153. The van der Waals surface area contributed by atoms with Crippen LogP contribution in [0.25, 0.3) is 5.57 Å². The fourth-order valence-corrected chi connectivity index (χ4v) is 3.04. The second-order valence-corrected chi connectivity index (χ2v) is 8.22. The third-order valence-electron chi connectivity index (χ3n) is 4.53. The summed E-state index contributed by atoms with van der Waals surface area (Å²) in [5.74, 6) is 0.163. The number of hydrogen-bond donors (Lipinski definition) is 0. The molecule has 0 bridgehead atoms. The highest BCUT2D eigenvalue weighted by Crippen LogP contribution is 2.39. The van der Waals surface area contributed by atoms with E-state index in [0.29, 0.717) is 16.7 Å². The normalized spacial score (nSPS) is 19.8. The van der Waals surface area contributed by atoms with Gasteiger partial charge in [0.25, 0.3) is 0 Å². The Labute approximate surface area is 163 Å². The van der Waals surface area contributed by atoms with E-state index in [9.17, 15) is 19.3 Å². The number of ether oxygens (including phenoxy) is 2. The van der Waals surface area contributed by atoms with Crippen LogP contribution in [0.15, 0.2) is 18.2 Å². The van der Waals surface area contributed by atoms with E-state index in [2.05, 4.69) is 0 Å². The molecular weight excluding hydrogens is 367 g/mol. The number of aryl methyl sites for hydroxylation is 1. The molecule has 1 fully saturated rings. The van der Waals surface area contributed by atoms with Gasteiger partial charge in [-0.2, -0.15) is 0 Å². The van der Waals surface area contributed by atoms with Gasteiger partial charge in [-0.15, -0.1) is 0 Å². The zero-order chi connectivity index (χ0) is 20.6. The number of rotatable bonds is 4. The monoisotopic (exact) mass is 392 g/mol. The number of nitro groups is 1. The predicted octanol–water partition coefficient (Wildman–Crippen LogP) is 4.42. The Morgan fingerprint density at radius 3 is 2.54 bits per heavy atom. The molecule has 0 N–H and O–H groups in total. The first-order valence-electron chi connectivity index (χ1n) is 9.33. The highest BCUT2D eigenvalue weighted by atomic mass is 19.1. The van der Waals surface area contributed by atoms with Gasteiger partial charge in [-0.3, -0.25) is 10.1 Å². The summed E-state index contributed by atoms with van der Waals surface area (Å²) in [6.45, 7) is 7.05. The van der Waals surface area contributed by atoms with E-state index in [1.54, 1.807) is 39.8 Å². The molecule has 0 aromatic heterocycles. The molecule has 1 heterocycles. The zero-order valence-electron chi connectivity index (χ0n) is 16.5. The Balaban J connectivity index is 1.86. The van der Waals surface area contributed by atoms with Crippen molar-refractivity contribution in [1.29, 1.82) is 0 Å². The van der Waals surface area contributed by atoms with Crippen molar-refractivity contribution in [3.8, 4) is 5.75 Å². The number of amides is 1. The summed E-state index contributed by atoms with van der Waals surface area (Å²) in [6.07, 6.45) is 1.35. The molecule has 1 aromatic carbocycles. The lowest BCUT2D eigenvalue weighted by molar-refractivity contribution is -0.386. The molecule has 2 aliphatic rings. The van der Waals surface area contributed by atoms with Crippen LogP contribution in [-0.4, -0.2) is 46.9 Å². The number of alkyl halides is 1. The van der Waals surface area contributed by atoms with Crippen molar-refractivity contribution >= 4 is 17.4 Å². The van der Waals surface area contributed by atoms with E-state index in [4.69, 9.17) is 9.47 Å². The van der Waals surface area contributed by atoms with Crippen molar-refractivity contribution in [3.63, 3.8) is 0 Å². The quantitative estimate of drug-likeness (QED) is 0.560. The third-order valence-corrected chi connectivity index (χ3v) is 4.53. The standard InChI is InChI=1S/C20H25FN2O5/c1-12-9-17(23(25)26)18(27-13-5-6-13)10-15(12)14-7-8-22(11-16(14)21)19(24)28-20(2,3)4/h7,9-10,13,16H,5-6,8,11H2,1-4H3. The van der Waals surface area contributed by atoms with Crippen LogP contribution in [0.2, 0.25) is 0 Å². The number of carbonyl (C=O) groups is 1. The van der Waals surface area contributed by atoms with Gasteiger partial charge in [0, 0.05) is 12.6 Å². The lowest BCUT2D eigenvalue weighted by atomic mass is 9.93. The van der Waals surface area contributed by atoms with Crippen molar-refractivity contribution in [2.45, 2.75) is 58.4 Å². The first kappa shape index (κ1) is 20.1. The maximum atomic E-state index is 14.9. The average molecular weight is 392 g/mol. The summed E-state index contributed by atoms with van der Waals surface area (Å²) in [5.41, 5.74) is 0.798. The molecule has 0 spiro atoms. The van der Waals surface area contributed by atoms with E-state index in [1.807, 2.05) is 0 Å². The van der Waals surface area contributed by atoms with E-state index in [0.717, 1.165) is 12.8 Å². The molecule has 0 radical (unpaired) electrons. The number of benzene rings is 1. The molecule has 8 heteroatoms. The predicted molar refractivity (Wildman–Crippen MR) is 102 cm³/mol. The summed E-state index contributed by atoms with van der Waals surface area (Å²) in [4.78, 5) is 24.3. The molecule has 1 aromatic rings. The Morgan fingerprint density at radius 1 is 1.32 bits per heavy atom.